The van der Waals surface area contributed by atoms with Gasteiger partial charge in [0.05, 0.1) is 6.61 Å². The van der Waals surface area contributed by atoms with Gasteiger partial charge in [-0.05, 0) is 32.1 Å². The Morgan fingerprint density at radius 3 is 3.09 bits per heavy atom. The molecule has 0 amide bonds. The van der Waals surface area contributed by atoms with Crippen LogP contribution >= 0.6 is 0 Å². The van der Waals surface area contributed by atoms with E-state index in [1.54, 1.807) is 0 Å². The molecule has 1 aliphatic carbocycles. The Balaban J connectivity index is 2.35. The Labute approximate surface area is 68.4 Å². The van der Waals surface area contributed by atoms with Crippen molar-refractivity contribution in [1.29, 1.82) is 0 Å². The molecule has 0 aromatic rings. The van der Waals surface area contributed by atoms with E-state index in [0.29, 0.717) is 5.92 Å². The van der Waals surface area contributed by atoms with Crippen LogP contribution in [0, 0.1) is 5.92 Å². The maximum Gasteiger partial charge on any atom is 0.0612 e. The van der Waals surface area contributed by atoms with Gasteiger partial charge in [-0.25, -0.2) is 0 Å². The molecule has 0 bridgehead atoms. The maximum absolute atomic E-state index is 8.55. The Bertz CT molecular complexity index is 168. The summed E-state index contributed by atoms with van der Waals surface area (Å²) in [6, 6.07) is 0. The molecule has 11 heavy (non-hydrogen) atoms. The maximum atomic E-state index is 8.55. The summed E-state index contributed by atoms with van der Waals surface area (Å²) < 4.78 is 0. The van der Waals surface area contributed by atoms with Gasteiger partial charge in [0.15, 0.2) is 0 Å². The molecule has 1 atom stereocenters. The van der Waals surface area contributed by atoms with Crippen molar-refractivity contribution in [1.82, 2.24) is 0 Å². The van der Waals surface area contributed by atoms with Gasteiger partial charge in [-0.2, -0.15) is 0 Å². The van der Waals surface area contributed by atoms with E-state index in [1.807, 2.05) is 6.08 Å². The average molecular weight is 152 g/mol. The normalized spacial score (nSPS) is 25.6. The minimum Gasteiger partial charge on any atom is -0.392 e. The third-order valence-electron chi connectivity index (χ3n) is 2.19. The van der Waals surface area contributed by atoms with Crippen LogP contribution < -0.4 is 0 Å². The van der Waals surface area contributed by atoms with E-state index in [4.69, 9.17) is 5.11 Å². The summed E-state index contributed by atoms with van der Waals surface area (Å²) in [6.45, 7) is 2.37. The molecule has 0 saturated carbocycles. The Kier molecular flexibility index (Phi) is 3.37. The van der Waals surface area contributed by atoms with Crippen LogP contribution in [0.15, 0.2) is 23.8 Å². The molecule has 62 valence electrons. The molecule has 1 aliphatic rings. The van der Waals surface area contributed by atoms with Crippen LogP contribution in [0.3, 0.4) is 0 Å². The van der Waals surface area contributed by atoms with Crippen molar-refractivity contribution in [3.63, 3.8) is 0 Å². The van der Waals surface area contributed by atoms with Crippen LogP contribution in [-0.2, 0) is 0 Å². The SMILES string of the molecule is CC1=CCC(C=CCO)CC1. The Hall–Kier alpha value is -0.560. The highest BCUT2D eigenvalue weighted by molar-refractivity contribution is 5.06. The number of aliphatic hydroxyl groups is 1. The van der Waals surface area contributed by atoms with E-state index < -0.39 is 0 Å². The fraction of sp³-hybridized carbons (Fsp3) is 0.600. The van der Waals surface area contributed by atoms with Crippen molar-refractivity contribution in [2.24, 2.45) is 5.92 Å². The molecule has 0 aromatic heterocycles. The highest BCUT2D eigenvalue weighted by atomic mass is 16.2. The second-order valence-electron chi connectivity index (χ2n) is 3.20. The lowest BCUT2D eigenvalue weighted by atomic mass is 9.90. The predicted octanol–water partition coefficient (Wildman–Crippen LogP) is 2.28. The first-order valence-corrected chi connectivity index (χ1v) is 4.26. The molecule has 0 saturated heterocycles. The molecule has 1 heteroatoms. The molecular formula is C10H16O. The van der Waals surface area contributed by atoms with Crippen LogP contribution in [-0.4, -0.2) is 11.7 Å². The molecule has 1 N–H and O–H groups in total. The summed E-state index contributed by atoms with van der Waals surface area (Å²) in [5.41, 5.74) is 1.51. The van der Waals surface area contributed by atoms with Gasteiger partial charge >= 0.3 is 0 Å². The monoisotopic (exact) mass is 152 g/mol. The molecule has 0 radical (unpaired) electrons. The summed E-state index contributed by atoms with van der Waals surface area (Å²) in [5.74, 6) is 0.672. The summed E-state index contributed by atoms with van der Waals surface area (Å²) in [5, 5.41) is 8.55. The van der Waals surface area contributed by atoms with Crippen LogP contribution in [0.4, 0.5) is 0 Å². The number of hydrogen-bond donors (Lipinski definition) is 1. The van der Waals surface area contributed by atoms with Gasteiger partial charge in [-0.3, -0.25) is 0 Å². The lowest BCUT2D eigenvalue weighted by molar-refractivity contribution is 0.341. The minimum absolute atomic E-state index is 0.180. The van der Waals surface area contributed by atoms with Crippen molar-refractivity contribution >= 4 is 0 Å². The van der Waals surface area contributed by atoms with Crippen LogP contribution in [0.1, 0.15) is 26.2 Å². The van der Waals surface area contributed by atoms with Gasteiger partial charge in [0.25, 0.3) is 0 Å². The van der Waals surface area contributed by atoms with Gasteiger partial charge in [0, 0.05) is 0 Å². The summed E-state index contributed by atoms with van der Waals surface area (Å²) in [7, 11) is 0. The highest BCUT2D eigenvalue weighted by Crippen LogP contribution is 2.23. The van der Waals surface area contributed by atoms with Crippen molar-refractivity contribution in [2.45, 2.75) is 26.2 Å². The number of aliphatic hydroxyl groups excluding tert-OH is 1. The smallest absolute Gasteiger partial charge is 0.0612 e. The molecule has 1 nitrogen and oxygen atoms in total. The van der Waals surface area contributed by atoms with E-state index in [0.717, 1.165) is 6.42 Å². The Morgan fingerprint density at radius 1 is 1.73 bits per heavy atom. The number of hydrogen-bond acceptors (Lipinski definition) is 1. The zero-order valence-electron chi connectivity index (χ0n) is 7.09. The number of rotatable bonds is 2. The van der Waals surface area contributed by atoms with Crippen LogP contribution in [0.5, 0.6) is 0 Å². The topological polar surface area (TPSA) is 20.2 Å². The molecule has 0 heterocycles. The summed E-state index contributed by atoms with van der Waals surface area (Å²) >= 11 is 0. The van der Waals surface area contributed by atoms with Gasteiger partial charge in [0.2, 0.25) is 0 Å². The molecule has 0 aliphatic heterocycles. The quantitative estimate of drug-likeness (QED) is 0.602. The van der Waals surface area contributed by atoms with Crippen LogP contribution in [0.2, 0.25) is 0 Å². The van der Waals surface area contributed by atoms with Crippen molar-refractivity contribution in [3.05, 3.63) is 23.8 Å². The number of allylic oxidation sites excluding steroid dienone is 3. The third kappa shape index (κ3) is 2.89. The lowest BCUT2D eigenvalue weighted by Gasteiger charge is -2.16. The first-order valence-electron chi connectivity index (χ1n) is 4.26. The minimum atomic E-state index is 0.180. The first kappa shape index (κ1) is 8.54. The first-order chi connectivity index (χ1) is 5.33. The van der Waals surface area contributed by atoms with E-state index in [9.17, 15) is 0 Å². The van der Waals surface area contributed by atoms with Crippen molar-refractivity contribution in [3.8, 4) is 0 Å². The van der Waals surface area contributed by atoms with Crippen LogP contribution in [0.25, 0.3) is 0 Å². The zero-order chi connectivity index (χ0) is 8.10. The van der Waals surface area contributed by atoms with Gasteiger partial charge in [-0.1, -0.05) is 23.8 Å². The van der Waals surface area contributed by atoms with Crippen molar-refractivity contribution in [2.75, 3.05) is 6.61 Å². The molecule has 0 aromatic carbocycles. The largest absolute Gasteiger partial charge is 0.392 e. The van der Waals surface area contributed by atoms with E-state index in [-0.39, 0.29) is 6.61 Å². The Morgan fingerprint density at radius 2 is 2.55 bits per heavy atom. The fourth-order valence-corrected chi connectivity index (χ4v) is 1.41. The molecule has 0 fully saturated rings. The van der Waals surface area contributed by atoms with Gasteiger partial charge in [0.1, 0.15) is 0 Å². The second-order valence-corrected chi connectivity index (χ2v) is 3.20. The van der Waals surface area contributed by atoms with Crippen molar-refractivity contribution < 1.29 is 5.11 Å². The molecule has 1 rings (SSSR count). The van der Waals surface area contributed by atoms with E-state index in [1.165, 1.54) is 18.4 Å². The van der Waals surface area contributed by atoms with Gasteiger partial charge < -0.3 is 5.11 Å². The second kappa shape index (κ2) is 4.35. The van der Waals surface area contributed by atoms with E-state index >= 15 is 0 Å². The van der Waals surface area contributed by atoms with E-state index in [2.05, 4.69) is 19.1 Å². The third-order valence-corrected chi connectivity index (χ3v) is 2.19. The standard InChI is InChI=1S/C10H16O/c1-9-4-6-10(7-5-9)3-2-8-11/h2-4,10-11H,5-8H2,1H3. The summed E-state index contributed by atoms with van der Waals surface area (Å²) in [4.78, 5) is 0. The molecular weight excluding hydrogens is 136 g/mol. The molecule has 1 unspecified atom stereocenters. The van der Waals surface area contributed by atoms with Gasteiger partial charge in [-0.15, -0.1) is 0 Å². The summed E-state index contributed by atoms with van der Waals surface area (Å²) in [6.07, 6.45) is 9.90. The predicted molar refractivity (Wildman–Crippen MR) is 47.3 cm³/mol. The molecule has 0 spiro atoms. The zero-order valence-corrected chi connectivity index (χ0v) is 7.09. The average Bonchev–Trinajstić information content (AvgIpc) is 2.04. The fourth-order valence-electron chi connectivity index (χ4n) is 1.41. The highest BCUT2D eigenvalue weighted by Gasteiger charge is 2.08. The lowest BCUT2D eigenvalue weighted by Crippen LogP contribution is -2.01.